The molecule has 0 aliphatic rings. The van der Waals surface area contributed by atoms with Gasteiger partial charge in [-0.1, -0.05) is 103 Å². The van der Waals surface area contributed by atoms with Gasteiger partial charge in [0.15, 0.2) is 6.07 Å². The molecule has 586 valence electrons. The second-order valence-electron chi connectivity index (χ2n) is 15.9. The van der Waals surface area contributed by atoms with Crippen LogP contribution in [0.25, 0.3) is 0 Å². The van der Waals surface area contributed by atoms with Gasteiger partial charge in [0, 0.05) is 49.8 Å². The fourth-order valence-corrected chi connectivity index (χ4v) is 6.42. The average molecular weight is 1830 g/mol. The van der Waals surface area contributed by atoms with Gasteiger partial charge in [-0.2, -0.15) is 0 Å². The quantitative estimate of drug-likeness (QED) is 0.00799. The van der Waals surface area contributed by atoms with Gasteiger partial charge in [-0.15, -0.1) is 0 Å². The van der Waals surface area contributed by atoms with Crippen LogP contribution in [0.1, 0.15) is 16.7 Å². The second-order valence-corrected chi connectivity index (χ2v) is 21.0. The third-order valence-electron chi connectivity index (χ3n) is 8.73. The van der Waals surface area contributed by atoms with E-state index in [1.165, 1.54) is 42.7 Å². The smallest absolute Gasteiger partial charge is 0.790 e. The molecule has 3 rings (SSSR count). The summed E-state index contributed by atoms with van der Waals surface area (Å²) in [6.45, 7) is -1.34. The predicted molar refractivity (Wildman–Crippen MR) is 338 cm³/mol. The van der Waals surface area contributed by atoms with Crippen molar-refractivity contribution in [2.24, 2.45) is 0 Å². The number of halogens is 2. The van der Waals surface area contributed by atoms with Gasteiger partial charge in [-0.3, -0.25) is 4.52 Å². The van der Waals surface area contributed by atoms with Gasteiger partial charge < -0.3 is 124 Å². The molecule has 0 radical (unpaired) electrons. The molecule has 46 heteroatoms. The van der Waals surface area contributed by atoms with E-state index in [0.717, 1.165) is 5.56 Å². The van der Waals surface area contributed by atoms with Crippen molar-refractivity contribution in [3.8, 4) is 0 Å². The number of hydrogen-bond acceptors (Lipinski definition) is 38. The monoisotopic (exact) mass is 1830 g/mol. The summed E-state index contributed by atoms with van der Waals surface area (Å²) < 4.78 is 148. The molecule has 0 aliphatic carbocycles. The van der Waals surface area contributed by atoms with Gasteiger partial charge in [-0.25, -0.2) is 56.0 Å². The van der Waals surface area contributed by atoms with E-state index in [-0.39, 0.29) is 143 Å². The Bertz CT molecular complexity index is 2440. The Morgan fingerprint density at radius 1 is 0.380 bits per heavy atom. The van der Waals surface area contributed by atoms with Crippen LogP contribution in [0.15, 0.2) is 91.0 Å². The molecule has 3 aromatic rings. The SMILES string of the molecule is COCCO.COCCOC(=O)OCCl.COCCOC(=O)OCI.COCCOC(=O)OCOP(=O)(O)OCOC(=O)OCCOC.COCCOC(=O)OCOP(=O)(OCOC(=O)OCCOC)OCc1ccccc1.O=P([O-])([O-])OCc1ccccc1.OCc1ccccc1.[Ag+].[Ag+]. The number of methoxy groups -OCH3 is 7. The maximum Gasteiger partial charge on any atom is 1.00 e. The van der Waals surface area contributed by atoms with Gasteiger partial charge in [0.1, 0.15) is 44.3 Å². The molecule has 0 fully saturated rings. The van der Waals surface area contributed by atoms with Crippen molar-refractivity contribution in [1.82, 2.24) is 0 Å². The molecule has 39 nitrogen and oxygen atoms in total. The van der Waals surface area contributed by atoms with Crippen molar-refractivity contribution in [3.05, 3.63) is 108 Å². The summed E-state index contributed by atoms with van der Waals surface area (Å²) in [5.41, 5.74) is 2.29. The first-order valence-electron chi connectivity index (χ1n) is 27.4. The number of phosphoric acid groups is 3. The van der Waals surface area contributed by atoms with Crippen molar-refractivity contribution < 1.29 is 229 Å². The Morgan fingerprint density at radius 3 is 0.890 bits per heavy atom. The Labute approximate surface area is 627 Å². The molecule has 0 saturated heterocycles. The molecule has 0 saturated carbocycles. The molecule has 3 N–H and O–H groups in total. The fraction of sp³-hybridized carbons (Fsp3) is 0.556. The van der Waals surface area contributed by atoms with Crippen LogP contribution >= 0.6 is 57.7 Å². The second kappa shape index (κ2) is 77.4. The van der Waals surface area contributed by atoms with Gasteiger partial charge in [0.05, 0.1) is 80.5 Å². The van der Waals surface area contributed by atoms with Crippen LogP contribution in [0, 0.1) is 0 Å². The van der Waals surface area contributed by atoms with Crippen LogP contribution in [0.5, 0.6) is 0 Å². The van der Waals surface area contributed by atoms with Crippen LogP contribution in [-0.4, -0.2) is 232 Å². The Balaban J connectivity index is -0.000000277. The van der Waals surface area contributed by atoms with E-state index >= 15 is 0 Å². The van der Waals surface area contributed by atoms with E-state index in [1.807, 2.05) is 52.9 Å². The number of alkyl halides is 2. The summed E-state index contributed by atoms with van der Waals surface area (Å²) in [5, 5.41) is 16.5. The van der Waals surface area contributed by atoms with Crippen LogP contribution in [0.2, 0.25) is 0 Å². The summed E-state index contributed by atoms with van der Waals surface area (Å²) >= 11 is 6.96. The average Bonchev–Trinajstić information content (AvgIpc) is 0.896. The van der Waals surface area contributed by atoms with E-state index in [9.17, 15) is 57.1 Å². The van der Waals surface area contributed by atoms with Gasteiger partial charge >= 0.3 is 97.3 Å². The standard InChI is InChI=1S/C17H25O12P.C10H19O12P.C7H9O4P.C7H8O.C5H9ClO4.C5H9IO4.C3H8O2.2Ag/c1-21-8-10-23-16(18)25-13-28-30(20,27-12-15-6-4-3-5-7-15)29-14-26-17(19)24-11-9-22-2;1-15-3-5-17-9(11)19-7-21-23(13,14)22-8-20-10(12)18-6-4-16-2;8-12(9,10)11-6-7-4-2-1-3-5-7;8-6-7-4-2-1-3-5-7;2*1-8-2-3-9-5(7)10-4-6;1-5-3-2-4;;/h3-7H,8-14H2,1-2H3;3-8H2,1-2H3,(H,13,14);1-5H,6H2,(H2,8,9,10);1-5,8H,6H2;2*2-4H2,1H3;4H,2-3H2,1H3;;/q;;;;;;;2*+1/p-2. The summed E-state index contributed by atoms with van der Waals surface area (Å²) in [7, 11) is -3.40. The van der Waals surface area contributed by atoms with E-state index in [1.54, 1.807) is 67.8 Å². The van der Waals surface area contributed by atoms with Crippen LogP contribution in [-0.2, 0) is 195 Å². The molecule has 0 aliphatic heterocycles. The molecule has 0 bridgehead atoms. The first-order valence-corrected chi connectivity index (χ1v) is 33.9. The summed E-state index contributed by atoms with van der Waals surface area (Å²) in [6.07, 6.45) is -5.81. The molecule has 0 heterocycles. The fourth-order valence-electron chi connectivity index (χ4n) is 4.43. The first-order chi connectivity index (χ1) is 46.9. The van der Waals surface area contributed by atoms with Gasteiger partial charge in [-0.05, 0) is 39.3 Å². The Morgan fingerprint density at radius 2 is 0.650 bits per heavy atom. The van der Waals surface area contributed by atoms with E-state index in [2.05, 4.69) is 94.1 Å². The number of carbonyl (C=O) groups is 6. The zero-order valence-corrected chi connectivity index (χ0v) is 63.7. The number of hydrogen-bond donors (Lipinski definition) is 3. The largest absolute Gasteiger partial charge is 1.00 e. The van der Waals surface area contributed by atoms with Crippen molar-refractivity contribution >= 4 is 94.6 Å². The van der Waals surface area contributed by atoms with Crippen molar-refractivity contribution in [1.29, 1.82) is 0 Å². The molecular formula is C54H85Ag2ClIO39P3. The van der Waals surface area contributed by atoms with Gasteiger partial charge in [0.25, 0.3) is 0 Å². The molecule has 0 spiro atoms. The normalized spacial score (nSPS) is 10.1. The molecule has 0 unspecified atom stereocenters. The van der Waals surface area contributed by atoms with E-state index < -0.39 is 87.6 Å². The van der Waals surface area contributed by atoms with Crippen molar-refractivity contribution in [2.45, 2.75) is 19.8 Å². The van der Waals surface area contributed by atoms with Crippen LogP contribution < -0.4 is 9.79 Å². The first kappa shape index (κ1) is 107. The topological polar surface area (TPSA) is 491 Å². The van der Waals surface area contributed by atoms with Crippen molar-refractivity contribution in [3.63, 3.8) is 0 Å². The zero-order chi connectivity index (χ0) is 74.2. The summed E-state index contributed by atoms with van der Waals surface area (Å²) in [5.74, 6) is 0. The minimum atomic E-state index is -4.83. The number of rotatable bonds is 41. The van der Waals surface area contributed by atoms with Crippen molar-refractivity contribution in [2.75, 3.05) is 180 Å². The number of benzene rings is 3. The molecule has 3 aromatic carbocycles. The molecular weight excluding hydrogens is 1740 g/mol. The van der Waals surface area contributed by atoms with Gasteiger partial charge in [0.2, 0.25) is 27.2 Å². The molecule has 0 aromatic heterocycles. The molecule has 0 amide bonds. The van der Waals surface area contributed by atoms with Crippen LogP contribution in [0.4, 0.5) is 28.8 Å². The number of phosphoric ester groups is 3. The maximum absolute atomic E-state index is 12.7. The van der Waals surface area contributed by atoms with E-state index in [0.29, 0.717) is 35.6 Å². The summed E-state index contributed by atoms with van der Waals surface area (Å²) in [6, 6.07) is 26.7. The molecule has 0 atom stereocenters. The zero-order valence-electron chi connectivity index (χ0n) is 55.2. The number of aliphatic hydroxyl groups is 2. The minimum Gasteiger partial charge on any atom is -0.790 e. The summed E-state index contributed by atoms with van der Waals surface area (Å²) in [4.78, 5) is 94.6. The minimum absolute atomic E-state index is 0. The Kier molecular flexibility index (Phi) is 82.6. The van der Waals surface area contributed by atoms with Crippen LogP contribution in [0.3, 0.4) is 0 Å². The number of carbonyl (C=O) groups excluding carboxylic acids is 6. The third-order valence-corrected chi connectivity index (χ3v) is 11.8. The van der Waals surface area contributed by atoms with E-state index in [4.69, 9.17) is 44.9 Å². The number of ether oxygens (including phenoxy) is 19. The third kappa shape index (κ3) is 81.1. The predicted octanol–water partition coefficient (Wildman–Crippen LogP) is 6.48. The maximum atomic E-state index is 12.7. The number of aliphatic hydroxyl groups excluding tert-OH is 2. The molecule has 100 heavy (non-hydrogen) atoms. The Hall–Kier alpha value is -4.25.